The van der Waals surface area contributed by atoms with Crippen LogP contribution in [0.25, 0.3) is 0 Å². The van der Waals surface area contributed by atoms with Gasteiger partial charge in [-0.05, 0) is 93.2 Å². The Kier molecular flexibility index (Phi) is 19.6. The molecule has 2 aliphatic carbocycles. The molecule has 2 atom stereocenters. The first-order valence-electron chi connectivity index (χ1n) is 19.9. The number of likely N-dealkylation sites (N-methyl/N-ethyl adjacent to an activating group) is 1. The summed E-state index contributed by atoms with van der Waals surface area (Å²) in [4.78, 5) is 50.4. The SMILES string of the molecule is CC(C)C1CCC(C(=O)N[C@H](Cc2ccccc2)C(=O)OCCN)CC1.CNCCOC(=O)[C@@H](Cc1ccccc1)NC(=O)C1CCC(C(C)C)CC1. The van der Waals surface area contributed by atoms with Crippen LogP contribution in [0.4, 0.5) is 0 Å². The third-order valence-electron chi connectivity index (χ3n) is 10.9. The van der Waals surface area contributed by atoms with Gasteiger partial charge in [0, 0.05) is 37.8 Å². The molecule has 2 saturated carbocycles. The van der Waals surface area contributed by atoms with Crippen LogP contribution in [0, 0.1) is 35.5 Å². The molecule has 4 rings (SSSR count). The number of carbonyl (C=O) groups excluding carboxylic acids is 4. The molecule has 10 heteroatoms. The highest BCUT2D eigenvalue weighted by Crippen LogP contribution is 2.34. The minimum atomic E-state index is -0.667. The Hall–Kier alpha value is -3.76. The summed E-state index contributed by atoms with van der Waals surface area (Å²) in [6.45, 7) is 10.3. The summed E-state index contributed by atoms with van der Waals surface area (Å²) in [6.07, 6.45) is 8.81. The average molecular weight is 735 g/mol. The number of nitrogens with two attached hydrogens (primary N) is 1. The second-order valence-corrected chi connectivity index (χ2v) is 15.4. The maximum absolute atomic E-state index is 12.8. The molecule has 2 aromatic carbocycles. The number of benzene rings is 2. The van der Waals surface area contributed by atoms with E-state index in [9.17, 15) is 19.2 Å². The second kappa shape index (κ2) is 23.8. The molecule has 0 aromatic heterocycles. The Morgan fingerprint density at radius 3 is 1.34 bits per heavy atom. The zero-order valence-corrected chi connectivity index (χ0v) is 32.8. The van der Waals surface area contributed by atoms with E-state index in [-0.39, 0.29) is 42.8 Å². The Morgan fingerprint density at radius 2 is 1.00 bits per heavy atom. The molecule has 2 fully saturated rings. The van der Waals surface area contributed by atoms with E-state index in [0.717, 1.165) is 62.5 Å². The number of esters is 2. The third-order valence-corrected chi connectivity index (χ3v) is 10.9. The van der Waals surface area contributed by atoms with E-state index >= 15 is 0 Å². The van der Waals surface area contributed by atoms with Crippen molar-refractivity contribution in [3.05, 3.63) is 71.8 Å². The molecule has 0 spiro atoms. The van der Waals surface area contributed by atoms with Gasteiger partial charge in [-0.2, -0.15) is 0 Å². The molecule has 2 amide bonds. The van der Waals surface area contributed by atoms with E-state index in [2.05, 4.69) is 43.6 Å². The van der Waals surface area contributed by atoms with Gasteiger partial charge in [0.15, 0.2) is 0 Å². The van der Waals surface area contributed by atoms with Gasteiger partial charge in [-0.25, -0.2) is 9.59 Å². The number of rotatable bonds is 17. The van der Waals surface area contributed by atoms with Crippen LogP contribution in [0.1, 0.15) is 90.2 Å². The van der Waals surface area contributed by atoms with Crippen LogP contribution in [0.15, 0.2) is 60.7 Å². The van der Waals surface area contributed by atoms with Crippen molar-refractivity contribution < 1.29 is 28.7 Å². The van der Waals surface area contributed by atoms with Crippen molar-refractivity contribution in [2.75, 3.05) is 33.4 Å². The molecule has 0 radical (unpaired) electrons. The molecule has 0 saturated heterocycles. The fraction of sp³-hybridized carbons (Fsp3) is 0.628. The van der Waals surface area contributed by atoms with Crippen LogP contribution in [0.5, 0.6) is 0 Å². The largest absolute Gasteiger partial charge is 0.463 e. The molecule has 0 heterocycles. The molecule has 0 unspecified atom stereocenters. The molecule has 53 heavy (non-hydrogen) atoms. The lowest BCUT2D eigenvalue weighted by atomic mass is 9.76. The number of carbonyl (C=O) groups is 4. The fourth-order valence-corrected chi connectivity index (χ4v) is 7.38. The topological polar surface area (TPSA) is 149 Å². The van der Waals surface area contributed by atoms with Gasteiger partial charge in [0.2, 0.25) is 11.8 Å². The summed E-state index contributed by atoms with van der Waals surface area (Å²) in [7, 11) is 1.81. The van der Waals surface area contributed by atoms with Crippen LogP contribution >= 0.6 is 0 Å². The molecule has 2 aliphatic rings. The third kappa shape index (κ3) is 15.6. The summed E-state index contributed by atoms with van der Waals surface area (Å²) in [5.74, 6) is 1.92. The molecular weight excluding hydrogens is 668 g/mol. The minimum absolute atomic E-state index is 0.00313. The Bertz CT molecular complexity index is 1360. The van der Waals surface area contributed by atoms with E-state index in [0.29, 0.717) is 49.7 Å². The van der Waals surface area contributed by atoms with E-state index in [1.54, 1.807) is 0 Å². The van der Waals surface area contributed by atoms with Crippen LogP contribution in [-0.4, -0.2) is 69.2 Å². The maximum atomic E-state index is 12.8. The lowest BCUT2D eigenvalue weighted by Gasteiger charge is -2.31. The first-order valence-corrected chi connectivity index (χ1v) is 19.9. The van der Waals surface area contributed by atoms with Crippen molar-refractivity contribution in [1.82, 2.24) is 16.0 Å². The quantitative estimate of drug-likeness (QED) is 0.121. The highest BCUT2D eigenvalue weighted by molar-refractivity contribution is 5.86. The molecule has 294 valence electrons. The molecule has 5 N–H and O–H groups in total. The van der Waals surface area contributed by atoms with Gasteiger partial charge in [-0.1, -0.05) is 88.4 Å². The summed E-state index contributed by atoms with van der Waals surface area (Å²) < 4.78 is 10.5. The van der Waals surface area contributed by atoms with Crippen LogP contribution in [0.2, 0.25) is 0 Å². The zero-order valence-electron chi connectivity index (χ0n) is 32.8. The van der Waals surface area contributed by atoms with E-state index in [1.807, 2.05) is 67.7 Å². The summed E-state index contributed by atoms with van der Waals surface area (Å²) in [5, 5.41) is 8.86. The average Bonchev–Trinajstić information content (AvgIpc) is 3.17. The van der Waals surface area contributed by atoms with Crippen molar-refractivity contribution in [2.24, 2.45) is 41.2 Å². The van der Waals surface area contributed by atoms with Crippen LogP contribution in [0.3, 0.4) is 0 Å². The minimum Gasteiger partial charge on any atom is -0.463 e. The van der Waals surface area contributed by atoms with Gasteiger partial charge < -0.3 is 31.2 Å². The van der Waals surface area contributed by atoms with Crippen molar-refractivity contribution in [2.45, 2.75) is 104 Å². The lowest BCUT2D eigenvalue weighted by molar-refractivity contribution is -0.148. The monoisotopic (exact) mass is 734 g/mol. The van der Waals surface area contributed by atoms with E-state index in [1.165, 1.54) is 0 Å². The molecule has 0 aliphatic heterocycles. The smallest absolute Gasteiger partial charge is 0.329 e. The number of hydrogen-bond donors (Lipinski definition) is 4. The molecule has 2 aromatic rings. The van der Waals surface area contributed by atoms with Crippen molar-refractivity contribution in [3.63, 3.8) is 0 Å². The van der Waals surface area contributed by atoms with Gasteiger partial charge in [0.1, 0.15) is 25.3 Å². The van der Waals surface area contributed by atoms with Crippen molar-refractivity contribution >= 4 is 23.8 Å². The lowest BCUT2D eigenvalue weighted by Crippen LogP contribution is -2.46. The predicted molar refractivity (Wildman–Crippen MR) is 210 cm³/mol. The first kappa shape index (κ1) is 43.6. The Labute approximate surface area is 318 Å². The standard InChI is InChI=1S/C22H34N2O3.C21H32N2O3/c1-16(2)18-9-11-19(12-10-18)21(25)24-20(22(26)27-14-13-23-3)15-17-7-5-4-6-8-17;1-15(2)17-8-10-18(11-9-17)20(24)23-19(21(25)26-13-12-22)14-16-6-4-3-5-7-16/h4-8,16,18-20,23H,9-15H2,1-3H3,(H,24,25);3-7,15,17-19H,8-14,22H2,1-2H3,(H,23,24)/t18?,19?,20-;17?,18?,19-/m11/s1. The van der Waals surface area contributed by atoms with Crippen molar-refractivity contribution in [3.8, 4) is 0 Å². The Morgan fingerprint density at radius 1 is 0.623 bits per heavy atom. The van der Waals surface area contributed by atoms with E-state index < -0.39 is 18.1 Å². The molecule has 10 nitrogen and oxygen atoms in total. The number of ether oxygens (including phenoxy) is 2. The summed E-state index contributed by atoms with van der Waals surface area (Å²) in [6, 6.07) is 18.1. The van der Waals surface area contributed by atoms with Crippen molar-refractivity contribution in [1.29, 1.82) is 0 Å². The summed E-state index contributed by atoms with van der Waals surface area (Å²) in [5.41, 5.74) is 7.42. The second-order valence-electron chi connectivity index (χ2n) is 15.4. The molecular formula is C43H66N4O6. The highest BCUT2D eigenvalue weighted by Gasteiger charge is 2.32. The zero-order chi connectivity index (χ0) is 38.6. The Balaban J connectivity index is 0.000000286. The highest BCUT2D eigenvalue weighted by atomic mass is 16.5. The fourth-order valence-electron chi connectivity index (χ4n) is 7.38. The number of nitrogens with one attached hydrogen (secondary N) is 3. The van der Waals surface area contributed by atoms with Crippen LogP contribution in [-0.2, 0) is 41.5 Å². The van der Waals surface area contributed by atoms with Gasteiger partial charge in [-0.15, -0.1) is 0 Å². The number of hydrogen-bond acceptors (Lipinski definition) is 8. The van der Waals surface area contributed by atoms with E-state index in [4.69, 9.17) is 15.2 Å². The first-order chi connectivity index (χ1) is 25.5. The van der Waals surface area contributed by atoms with Gasteiger partial charge in [0.25, 0.3) is 0 Å². The van der Waals surface area contributed by atoms with Gasteiger partial charge >= 0.3 is 11.9 Å². The number of amides is 2. The summed E-state index contributed by atoms with van der Waals surface area (Å²) >= 11 is 0. The van der Waals surface area contributed by atoms with Gasteiger partial charge in [0.05, 0.1) is 0 Å². The van der Waals surface area contributed by atoms with Gasteiger partial charge in [-0.3, -0.25) is 9.59 Å². The predicted octanol–water partition coefficient (Wildman–Crippen LogP) is 5.62. The normalized spacial score (nSPS) is 21.1. The maximum Gasteiger partial charge on any atom is 0.329 e. The molecule has 0 bridgehead atoms. The van der Waals surface area contributed by atoms with Crippen LogP contribution < -0.4 is 21.7 Å².